The Balaban J connectivity index is 1.71. The van der Waals surface area contributed by atoms with Crippen molar-refractivity contribution in [1.29, 1.82) is 0 Å². The Labute approximate surface area is 223 Å². The van der Waals surface area contributed by atoms with Gasteiger partial charge in [-0.25, -0.2) is 0 Å². The molecule has 0 aliphatic rings. The summed E-state index contributed by atoms with van der Waals surface area (Å²) in [6, 6.07) is 36.7. The van der Waals surface area contributed by atoms with E-state index in [-0.39, 0.29) is 24.2 Å². The van der Waals surface area contributed by atoms with Crippen LogP contribution in [0.2, 0.25) is 5.02 Å². The maximum Gasteiger partial charge on any atom is 0.242 e. The van der Waals surface area contributed by atoms with E-state index in [9.17, 15) is 9.59 Å². The fraction of sp³-hybridized carbons (Fsp3) is 0.188. The normalized spacial score (nSPS) is 11.6. The number of carbonyl (C=O) groups is 2. The predicted octanol–water partition coefficient (Wildman–Crippen LogP) is 6.25. The molecule has 0 aliphatic heterocycles. The topological polar surface area (TPSA) is 49.4 Å². The molecule has 4 nitrogen and oxygen atoms in total. The molecule has 1 atom stereocenters. The van der Waals surface area contributed by atoms with Crippen molar-refractivity contribution in [3.63, 3.8) is 0 Å². The van der Waals surface area contributed by atoms with Crippen molar-refractivity contribution in [2.45, 2.75) is 31.3 Å². The molecule has 188 valence electrons. The Morgan fingerprint density at radius 3 is 1.76 bits per heavy atom. The molecule has 4 rings (SSSR count). The molecule has 0 aromatic heterocycles. The third-order valence-electron chi connectivity index (χ3n) is 6.57. The lowest BCUT2D eigenvalue weighted by molar-refractivity contribution is -0.141. The van der Waals surface area contributed by atoms with Gasteiger partial charge >= 0.3 is 0 Å². The van der Waals surface area contributed by atoms with Gasteiger partial charge < -0.3 is 10.2 Å². The molecule has 0 fully saturated rings. The predicted molar refractivity (Wildman–Crippen MR) is 149 cm³/mol. The lowest BCUT2D eigenvalue weighted by Crippen LogP contribution is -2.50. The Hall–Kier alpha value is -3.89. The molecular formula is C32H31ClN2O2. The summed E-state index contributed by atoms with van der Waals surface area (Å²) in [5.41, 5.74) is 4.03. The minimum Gasteiger partial charge on any atom is -0.357 e. The molecule has 37 heavy (non-hydrogen) atoms. The van der Waals surface area contributed by atoms with Gasteiger partial charge in [-0.1, -0.05) is 115 Å². The second-order valence-electron chi connectivity index (χ2n) is 9.05. The smallest absolute Gasteiger partial charge is 0.242 e. The molecule has 5 heteroatoms. The minimum absolute atomic E-state index is 0.0859. The van der Waals surface area contributed by atoms with E-state index >= 15 is 0 Å². The van der Waals surface area contributed by atoms with Crippen molar-refractivity contribution < 1.29 is 9.59 Å². The van der Waals surface area contributed by atoms with Crippen LogP contribution in [0.15, 0.2) is 115 Å². The van der Waals surface area contributed by atoms with E-state index in [1.54, 1.807) is 11.9 Å². The van der Waals surface area contributed by atoms with Crippen LogP contribution in [-0.4, -0.2) is 29.8 Å². The monoisotopic (exact) mass is 510 g/mol. The molecule has 4 aromatic rings. The second kappa shape index (κ2) is 12.9. The van der Waals surface area contributed by atoms with Crippen molar-refractivity contribution in [3.8, 4) is 0 Å². The van der Waals surface area contributed by atoms with E-state index in [2.05, 4.69) is 29.6 Å². The zero-order valence-electron chi connectivity index (χ0n) is 20.9. The summed E-state index contributed by atoms with van der Waals surface area (Å²) >= 11 is 6.11. The van der Waals surface area contributed by atoms with Gasteiger partial charge in [0.2, 0.25) is 11.8 Å². The van der Waals surface area contributed by atoms with Crippen LogP contribution in [0.3, 0.4) is 0 Å². The highest BCUT2D eigenvalue weighted by atomic mass is 35.5. The molecule has 0 heterocycles. The highest BCUT2D eigenvalue weighted by molar-refractivity contribution is 6.30. The average Bonchev–Trinajstić information content (AvgIpc) is 2.95. The first-order valence-corrected chi connectivity index (χ1v) is 12.8. The average molecular weight is 511 g/mol. The summed E-state index contributed by atoms with van der Waals surface area (Å²) in [7, 11) is 1.61. The Kier molecular flexibility index (Phi) is 9.12. The van der Waals surface area contributed by atoms with Crippen LogP contribution >= 0.6 is 11.6 Å². The zero-order chi connectivity index (χ0) is 26.0. The molecule has 0 unspecified atom stereocenters. The molecule has 1 N–H and O–H groups in total. The van der Waals surface area contributed by atoms with Gasteiger partial charge in [0.05, 0.1) is 0 Å². The van der Waals surface area contributed by atoms with Gasteiger partial charge in [-0.3, -0.25) is 9.59 Å². The van der Waals surface area contributed by atoms with Crippen molar-refractivity contribution >= 4 is 23.4 Å². The van der Waals surface area contributed by atoms with Gasteiger partial charge in [0.1, 0.15) is 6.04 Å². The maximum absolute atomic E-state index is 14.1. The molecule has 0 bridgehead atoms. The van der Waals surface area contributed by atoms with Crippen molar-refractivity contribution in [2.75, 3.05) is 7.05 Å². The number of hydrogen-bond acceptors (Lipinski definition) is 2. The van der Waals surface area contributed by atoms with Crippen LogP contribution in [0, 0.1) is 0 Å². The molecule has 0 saturated heterocycles. The molecule has 4 aromatic carbocycles. The highest BCUT2D eigenvalue weighted by Gasteiger charge is 2.31. The molecule has 0 saturated carbocycles. The number of nitrogens with one attached hydrogen (secondary N) is 1. The van der Waals surface area contributed by atoms with Crippen molar-refractivity contribution in [1.82, 2.24) is 10.2 Å². The maximum atomic E-state index is 14.1. The van der Waals surface area contributed by atoms with E-state index in [0.29, 0.717) is 18.0 Å². The van der Waals surface area contributed by atoms with Gasteiger partial charge in [-0.2, -0.15) is 0 Å². The fourth-order valence-electron chi connectivity index (χ4n) is 4.60. The van der Waals surface area contributed by atoms with E-state index in [1.807, 2.05) is 91.0 Å². The summed E-state index contributed by atoms with van der Waals surface area (Å²) < 4.78 is 0. The number of nitrogens with zero attached hydrogens (tertiary/aromatic N) is 1. The van der Waals surface area contributed by atoms with E-state index < -0.39 is 6.04 Å². The Bertz CT molecular complexity index is 1240. The number of rotatable bonds is 10. The van der Waals surface area contributed by atoms with Crippen LogP contribution in [0.5, 0.6) is 0 Å². The largest absolute Gasteiger partial charge is 0.357 e. The highest BCUT2D eigenvalue weighted by Crippen LogP contribution is 2.30. The number of likely N-dealkylation sites (N-methyl/N-ethyl adjacent to an activating group) is 1. The van der Waals surface area contributed by atoms with Crippen molar-refractivity contribution in [2.24, 2.45) is 0 Å². The summed E-state index contributed by atoms with van der Waals surface area (Å²) in [5.74, 6) is -0.413. The van der Waals surface area contributed by atoms with Crippen LogP contribution in [0.1, 0.15) is 34.6 Å². The van der Waals surface area contributed by atoms with Gasteiger partial charge in [0.15, 0.2) is 0 Å². The minimum atomic E-state index is -0.664. The summed E-state index contributed by atoms with van der Waals surface area (Å²) in [4.78, 5) is 29.1. The fourth-order valence-corrected chi connectivity index (χ4v) is 4.72. The molecule has 0 spiro atoms. The molecular weight excluding hydrogens is 480 g/mol. The quantitative estimate of drug-likeness (QED) is 0.274. The Morgan fingerprint density at radius 2 is 1.24 bits per heavy atom. The third kappa shape index (κ3) is 7.08. The summed E-state index contributed by atoms with van der Waals surface area (Å²) in [6.07, 6.45) is 0.658. The van der Waals surface area contributed by atoms with Gasteiger partial charge in [0.25, 0.3) is 0 Å². The molecule has 0 radical (unpaired) electrons. The van der Waals surface area contributed by atoms with E-state index in [1.165, 1.54) is 0 Å². The van der Waals surface area contributed by atoms with Crippen LogP contribution < -0.4 is 5.32 Å². The SMILES string of the molecule is CNC(=O)[C@@H](Cc1ccccc1)N(Cc1ccc(Cl)cc1)C(=O)CC(c1ccccc1)c1ccccc1. The lowest BCUT2D eigenvalue weighted by atomic mass is 9.87. The molecule has 0 aliphatic carbocycles. The first kappa shape index (κ1) is 26.2. The third-order valence-corrected chi connectivity index (χ3v) is 6.82. The van der Waals surface area contributed by atoms with Crippen LogP contribution in [0.25, 0.3) is 0 Å². The zero-order valence-corrected chi connectivity index (χ0v) is 21.6. The number of benzene rings is 4. The number of hydrogen-bond donors (Lipinski definition) is 1. The van der Waals surface area contributed by atoms with Gasteiger partial charge in [0, 0.05) is 37.4 Å². The van der Waals surface area contributed by atoms with Crippen LogP contribution in [-0.2, 0) is 22.6 Å². The van der Waals surface area contributed by atoms with E-state index in [0.717, 1.165) is 22.3 Å². The summed E-state index contributed by atoms with van der Waals surface area (Å²) in [6.45, 7) is 0.303. The van der Waals surface area contributed by atoms with Gasteiger partial charge in [-0.15, -0.1) is 0 Å². The second-order valence-corrected chi connectivity index (χ2v) is 9.48. The van der Waals surface area contributed by atoms with Crippen LogP contribution in [0.4, 0.5) is 0 Å². The standard InChI is InChI=1S/C32H31ClN2O2/c1-34-32(37)30(21-24-11-5-2-6-12-24)35(23-25-17-19-28(33)20-18-25)31(36)22-29(26-13-7-3-8-14-26)27-15-9-4-10-16-27/h2-20,29-30H,21-23H2,1H3,(H,34,37)/t30-/m1/s1. The number of carbonyl (C=O) groups excluding carboxylic acids is 2. The number of halogens is 1. The first-order chi connectivity index (χ1) is 18.0. The van der Waals surface area contributed by atoms with Crippen molar-refractivity contribution in [3.05, 3.63) is 143 Å². The summed E-state index contributed by atoms with van der Waals surface area (Å²) in [5, 5.41) is 3.41. The Morgan fingerprint density at radius 1 is 0.730 bits per heavy atom. The molecule has 2 amide bonds. The number of amides is 2. The first-order valence-electron chi connectivity index (χ1n) is 12.4. The lowest BCUT2D eigenvalue weighted by Gasteiger charge is -2.32. The van der Waals surface area contributed by atoms with E-state index in [4.69, 9.17) is 11.6 Å². The van der Waals surface area contributed by atoms with Gasteiger partial charge in [-0.05, 0) is 34.4 Å².